The van der Waals surface area contributed by atoms with Gasteiger partial charge in [0.2, 0.25) is 0 Å². The summed E-state index contributed by atoms with van der Waals surface area (Å²) in [5.41, 5.74) is 3.67. The van der Waals surface area contributed by atoms with Crippen LogP contribution in [0.4, 0.5) is 13.2 Å². The third-order valence-corrected chi connectivity index (χ3v) is 3.75. The van der Waals surface area contributed by atoms with E-state index < -0.39 is 12.6 Å². The highest BCUT2D eigenvalue weighted by atomic mass is 19.4. The lowest BCUT2D eigenvalue weighted by Gasteiger charge is -2.19. The van der Waals surface area contributed by atoms with Crippen molar-refractivity contribution in [2.75, 3.05) is 6.54 Å². The molecule has 0 aromatic heterocycles. The van der Waals surface area contributed by atoms with E-state index in [0.717, 1.165) is 19.4 Å². The third kappa shape index (κ3) is 7.51. The Morgan fingerprint density at radius 3 is 2.43 bits per heavy atom. The molecular weight excluding hydrogens is 275 g/mol. The second kappa shape index (κ2) is 8.42. The van der Waals surface area contributed by atoms with Crippen LogP contribution in [0.25, 0.3) is 0 Å². The Labute approximate surface area is 125 Å². The van der Waals surface area contributed by atoms with Crippen LogP contribution in [-0.4, -0.2) is 18.8 Å². The molecule has 0 amide bonds. The molecule has 1 nitrogen and oxygen atoms in total. The Balaban J connectivity index is 2.57. The van der Waals surface area contributed by atoms with E-state index in [2.05, 4.69) is 44.3 Å². The molecule has 1 atom stereocenters. The van der Waals surface area contributed by atoms with Crippen molar-refractivity contribution < 1.29 is 13.2 Å². The molecular formula is C17H26F3N. The maximum Gasteiger partial charge on any atom is 0.389 e. The van der Waals surface area contributed by atoms with Crippen LogP contribution in [-0.2, 0) is 6.42 Å². The van der Waals surface area contributed by atoms with Gasteiger partial charge in [-0.3, -0.25) is 0 Å². The molecule has 0 aliphatic carbocycles. The molecule has 0 saturated carbocycles. The van der Waals surface area contributed by atoms with Gasteiger partial charge >= 0.3 is 6.18 Å². The van der Waals surface area contributed by atoms with Gasteiger partial charge in [-0.25, -0.2) is 0 Å². The van der Waals surface area contributed by atoms with Crippen LogP contribution in [0, 0.1) is 13.8 Å². The summed E-state index contributed by atoms with van der Waals surface area (Å²) in [6, 6.07) is 6.42. The number of rotatable bonds is 8. The minimum Gasteiger partial charge on any atom is -0.314 e. The predicted molar refractivity (Wildman–Crippen MR) is 81.6 cm³/mol. The smallest absolute Gasteiger partial charge is 0.314 e. The van der Waals surface area contributed by atoms with Gasteiger partial charge < -0.3 is 5.32 Å². The first-order valence-electron chi connectivity index (χ1n) is 7.68. The molecule has 1 aromatic carbocycles. The van der Waals surface area contributed by atoms with Gasteiger partial charge in [-0.15, -0.1) is 0 Å². The van der Waals surface area contributed by atoms with E-state index in [4.69, 9.17) is 0 Å². The molecule has 1 rings (SSSR count). The van der Waals surface area contributed by atoms with Crippen molar-refractivity contribution in [3.8, 4) is 0 Å². The number of benzene rings is 1. The molecule has 1 aromatic rings. The van der Waals surface area contributed by atoms with Gasteiger partial charge in [-0.2, -0.15) is 13.2 Å². The van der Waals surface area contributed by atoms with E-state index in [1.165, 1.54) is 16.7 Å². The van der Waals surface area contributed by atoms with Crippen LogP contribution in [0.15, 0.2) is 18.2 Å². The Morgan fingerprint density at radius 2 is 1.86 bits per heavy atom. The van der Waals surface area contributed by atoms with Gasteiger partial charge in [0.05, 0.1) is 0 Å². The van der Waals surface area contributed by atoms with Crippen molar-refractivity contribution >= 4 is 0 Å². The highest BCUT2D eigenvalue weighted by molar-refractivity contribution is 5.30. The average Bonchev–Trinajstić information content (AvgIpc) is 2.38. The summed E-state index contributed by atoms with van der Waals surface area (Å²) in [7, 11) is 0. The molecule has 21 heavy (non-hydrogen) atoms. The highest BCUT2D eigenvalue weighted by Crippen LogP contribution is 2.23. The molecule has 0 aliphatic rings. The van der Waals surface area contributed by atoms with Crippen molar-refractivity contribution in [2.45, 2.75) is 65.1 Å². The first-order valence-corrected chi connectivity index (χ1v) is 7.68. The second-order valence-corrected chi connectivity index (χ2v) is 5.78. The van der Waals surface area contributed by atoms with Gasteiger partial charge in [-0.05, 0) is 62.8 Å². The summed E-state index contributed by atoms with van der Waals surface area (Å²) in [5, 5.41) is 3.37. The first-order chi connectivity index (χ1) is 9.81. The van der Waals surface area contributed by atoms with Crippen LogP contribution in [0.2, 0.25) is 0 Å². The van der Waals surface area contributed by atoms with E-state index in [0.29, 0.717) is 6.42 Å². The van der Waals surface area contributed by atoms with Crippen LogP contribution < -0.4 is 5.32 Å². The van der Waals surface area contributed by atoms with Crippen molar-refractivity contribution in [3.63, 3.8) is 0 Å². The van der Waals surface area contributed by atoms with Gasteiger partial charge in [0, 0.05) is 12.5 Å². The number of nitrogens with one attached hydrogen (secondary N) is 1. The first kappa shape index (κ1) is 18.0. The number of aryl methyl sites for hydroxylation is 2. The Hall–Kier alpha value is -1.03. The molecule has 0 heterocycles. The molecule has 0 bridgehead atoms. The fourth-order valence-corrected chi connectivity index (χ4v) is 2.39. The zero-order valence-electron chi connectivity index (χ0n) is 13.2. The van der Waals surface area contributed by atoms with Gasteiger partial charge in [0.15, 0.2) is 0 Å². The topological polar surface area (TPSA) is 12.0 Å². The summed E-state index contributed by atoms with van der Waals surface area (Å²) in [6.45, 7) is 7.05. The van der Waals surface area contributed by atoms with Gasteiger partial charge in [-0.1, -0.05) is 25.1 Å². The fourth-order valence-electron chi connectivity index (χ4n) is 2.39. The normalized spacial score (nSPS) is 13.4. The van der Waals surface area contributed by atoms with Crippen LogP contribution >= 0.6 is 0 Å². The SMILES string of the molecule is CCCNC(CCCC(F)(F)F)Cc1ccc(C)c(C)c1. The Kier molecular flexibility index (Phi) is 7.23. The zero-order chi connectivity index (χ0) is 15.9. The lowest BCUT2D eigenvalue weighted by molar-refractivity contribution is -0.135. The van der Waals surface area contributed by atoms with Crippen LogP contribution in [0.3, 0.4) is 0 Å². The highest BCUT2D eigenvalue weighted by Gasteiger charge is 2.26. The largest absolute Gasteiger partial charge is 0.389 e. The number of hydrogen-bond acceptors (Lipinski definition) is 1. The molecule has 4 heteroatoms. The second-order valence-electron chi connectivity index (χ2n) is 5.78. The van der Waals surface area contributed by atoms with E-state index in [1.807, 2.05) is 0 Å². The molecule has 0 fully saturated rings. The minimum absolute atomic E-state index is 0.120. The molecule has 1 unspecified atom stereocenters. The number of halogens is 3. The van der Waals surface area contributed by atoms with Crippen molar-refractivity contribution in [1.29, 1.82) is 0 Å². The Bertz CT molecular complexity index is 427. The van der Waals surface area contributed by atoms with Crippen molar-refractivity contribution in [2.24, 2.45) is 0 Å². The molecule has 0 saturated heterocycles. The van der Waals surface area contributed by atoms with E-state index in [9.17, 15) is 13.2 Å². The average molecular weight is 301 g/mol. The summed E-state index contributed by atoms with van der Waals surface area (Å²) >= 11 is 0. The van der Waals surface area contributed by atoms with Gasteiger partial charge in [0.1, 0.15) is 0 Å². The van der Waals surface area contributed by atoms with Gasteiger partial charge in [0.25, 0.3) is 0 Å². The molecule has 0 spiro atoms. The van der Waals surface area contributed by atoms with E-state index in [1.54, 1.807) is 0 Å². The van der Waals surface area contributed by atoms with Crippen LogP contribution in [0.5, 0.6) is 0 Å². The maximum atomic E-state index is 12.3. The summed E-state index contributed by atoms with van der Waals surface area (Å²) in [6.07, 6.45) is -2.20. The maximum absolute atomic E-state index is 12.3. The standard InChI is InChI=1S/C17H26F3N/c1-4-10-21-16(6-5-9-17(18,19)20)12-15-8-7-13(2)14(3)11-15/h7-8,11,16,21H,4-6,9-10,12H2,1-3H3. The van der Waals surface area contributed by atoms with Crippen LogP contribution in [0.1, 0.15) is 49.3 Å². The third-order valence-electron chi connectivity index (χ3n) is 3.75. The molecule has 0 aliphatic heterocycles. The summed E-state index contributed by atoms with van der Waals surface area (Å²) in [4.78, 5) is 0. The van der Waals surface area contributed by atoms with Crippen molar-refractivity contribution in [3.05, 3.63) is 34.9 Å². The molecule has 0 radical (unpaired) electrons. The minimum atomic E-state index is -4.05. The summed E-state index contributed by atoms with van der Waals surface area (Å²) in [5.74, 6) is 0. The summed E-state index contributed by atoms with van der Waals surface area (Å²) < 4.78 is 36.8. The zero-order valence-corrected chi connectivity index (χ0v) is 13.2. The molecule has 1 N–H and O–H groups in total. The lowest BCUT2D eigenvalue weighted by Crippen LogP contribution is -2.32. The quantitative estimate of drug-likeness (QED) is 0.716. The number of alkyl halides is 3. The Morgan fingerprint density at radius 1 is 1.14 bits per heavy atom. The van der Waals surface area contributed by atoms with E-state index in [-0.39, 0.29) is 12.5 Å². The fraction of sp³-hybridized carbons (Fsp3) is 0.647. The lowest BCUT2D eigenvalue weighted by atomic mass is 9.98. The van der Waals surface area contributed by atoms with E-state index >= 15 is 0 Å². The molecule has 120 valence electrons. The van der Waals surface area contributed by atoms with Crippen molar-refractivity contribution in [1.82, 2.24) is 5.32 Å². The number of hydrogen-bond donors (Lipinski definition) is 1. The monoisotopic (exact) mass is 301 g/mol. The predicted octanol–water partition coefficient (Wildman–Crippen LogP) is 4.95.